The van der Waals surface area contributed by atoms with Crippen molar-refractivity contribution < 1.29 is 17.9 Å². The quantitative estimate of drug-likeness (QED) is 0.444. The van der Waals surface area contributed by atoms with Crippen molar-refractivity contribution in [3.05, 3.63) is 30.0 Å². The summed E-state index contributed by atoms with van der Waals surface area (Å²) in [6.07, 6.45) is 6.58. The number of benzene rings is 1. The summed E-state index contributed by atoms with van der Waals surface area (Å²) >= 11 is 0. The minimum atomic E-state index is -3.45. The van der Waals surface area contributed by atoms with E-state index in [9.17, 15) is 13.2 Å². The molecule has 184 valence electrons. The fraction of sp³-hybridized carbons (Fsp3) is 0.500. The molecular formula is C22H31N7O4S. The van der Waals surface area contributed by atoms with Gasteiger partial charge in [-0.25, -0.2) is 13.4 Å². The van der Waals surface area contributed by atoms with Crippen LogP contribution in [-0.2, 0) is 14.6 Å². The summed E-state index contributed by atoms with van der Waals surface area (Å²) in [5.41, 5.74) is 13.0. The number of aromatic nitrogens is 2. The Morgan fingerprint density at radius 2 is 1.94 bits per heavy atom. The summed E-state index contributed by atoms with van der Waals surface area (Å²) in [4.78, 5) is 23.0. The lowest BCUT2D eigenvalue weighted by molar-refractivity contribution is 0.100. The first-order valence-electron chi connectivity index (χ1n) is 11.3. The van der Waals surface area contributed by atoms with Crippen LogP contribution in [0.1, 0.15) is 36.0 Å². The van der Waals surface area contributed by atoms with Gasteiger partial charge >= 0.3 is 0 Å². The van der Waals surface area contributed by atoms with Crippen LogP contribution in [0.3, 0.4) is 0 Å². The molecule has 1 aromatic heterocycles. The lowest BCUT2D eigenvalue weighted by atomic mass is 9.91. The van der Waals surface area contributed by atoms with E-state index in [0.717, 1.165) is 25.7 Å². The lowest BCUT2D eigenvalue weighted by Crippen LogP contribution is -2.43. The number of primary amides is 1. The Balaban J connectivity index is 1.65. The maximum Gasteiger partial charge on any atom is 0.254 e. The first-order chi connectivity index (χ1) is 16.2. The number of hydrogen-bond donors (Lipinski definition) is 4. The first-order valence-corrected chi connectivity index (χ1v) is 13.2. The summed E-state index contributed by atoms with van der Waals surface area (Å²) < 4.78 is 30.2. The Bertz CT molecular complexity index is 1150. The standard InChI is InChI=1S/C22H31N7O4S/c1-34(31,32)19-7-6-14(12-18(19)29-8-10-33-11-9-29)26-21-15(20(24)30)13-25-22(28-21)27-17-5-3-2-4-16(17)23/h6-7,12-13,16-17H,2-5,8-11,23H2,1H3,(H2,24,30)(H2,25,26,27,28)/t16-,17+/m0/s1. The zero-order chi connectivity index (χ0) is 24.3. The number of amides is 1. The Labute approximate surface area is 199 Å². The molecule has 1 aliphatic carbocycles. The first kappa shape index (κ1) is 24.2. The number of carbonyl (C=O) groups is 1. The van der Waals surface area contributed by atoms with E-state index in [1.165, 1.54) is 12.5 Å². The molecule has 1 amide bonds. The number of hydrogen-bond acceptors (Lipinski definition) is 10. The zero-order valence-electron chi connectivity index (χ0n) is 19.2. The van der Waals surface area contributed by atoms with Gasteiger partial charge in [0.15, 0.2) is 9.84 Å². The van der Waals surface area contributed by atoms with Gasteiger partial charge in [0.05, 0.1) is 23.8 Å². The van der Waals surface area contributed by atoms with Crippen LogP contribution >= 0.6 is 0 Å². The van der Waals surface area contributed by atoms with E-state index in [1.807, 2.05) is 4.90 Å². The average molecular weight is 490 g/mol. The molecule has 1 saturated heterocycles. The number of nitrogens with two attached hydrogens (primary N) is 2. The number of rotatable bonds is 7. The number of sulfone groups is 1. The van der Waals surface area contributed by atoms with Gasteiger partial charge in [-0.15, -0.1) is 0 Å². The van der Waals surface area contributed by atoms with Gasteiger partial charge in [0.1, 0.15) is 11.4 Å². The number of nitrogens with zero attached hydrogens (tertiary/aromatic N) is 3. The van der Waals surface area contributed by atoms with E-state index < -0.39 is 15.7 Å². The molecule has 34 heavy (non-hydrogen) atoms. The van der Waals surface area contributed by atoms with Crippen molar-refractivity contribution in [1.82, 2.24) is 9.97 Å². The summed E-state index contributed by atoms with van der Waals surface area (Å²) in [5, 5.41) is 6.40. The Morgan fingerprint density at radius 1 is 1.21 bits per heavy atom. The average Bonchev–Trinajstić information content (AvgIpc) is 2.80. The molecule has 2 heterocycles. The SMILES string of the molecule is CS(=O)(=O)c1ccc(Nc2nc(N[C@@H]3CCCC[C@@H]3N)ncc2C(N)=O)cc1N1CCOCC1. The van der Waals surface area contributed by atoms with Gasteiger partial charge < -0.3 is 31.7 Å². The molecule has 2 fully saturated rings. The highest BCUT2D eigenvalue weighted by atomic mass is 32.2. The van der Waals surface area contributed by atoms with Gasteiger partial charge in [0.25, 0.3) is 5.91 Å². The molecule has 0 bridgehead atoms. The Kier molecular flexibility index (Phi) is 7.19. The van der Waals surface area contributed by atoms with Crippen molar-refractivity contribution >= 4 is 38.9 Å². The highest BCUT2D eigenvalue weighted by Crippen LogP contribution is 2.31. The fourth-order valence-electron chi connectivity index (χ4n) is 4.33. The predicted octanol–water partition coefficient (Wildman–Crippen LogP) is 1.24. The second-order valence-corrected chi connectivity index (χ2v) is 10.7. The normalized spacial score (nSPS) is 21.2. The number of nitrogens with one attached hydrogen (secondary N) is 2. The second kappa shape index (κ2) is 10.1. The minimum Gasteiger partial charge on any atom is -0.378 e. The monoisotopic (exact) mass is 489 g/mol. The molecule has 0 unspecified atom stereocenters. The maximum atomic E-state index is 12.4. The number of ether oxygens (including phenoxy) is 1. The summed E-state index contributed by atoms with van der Waals surface area (Å²) in [6.45, 7) is 2.16. The van der Waals surface area contributed by atoms with Gasteiger partial charge in [-0.2, -0.15) is 4.98 Å². The van der Waals surface area contributed by atoms with E-state index in [-0.39, 0.29) is 28.4 Å². The summed E-state index contributed by atoms with van der Waals surface area (Å²) in [5.74, 6) is -0.102. The molecule has 0 spiro atoms. The van der Waals surface area contributed by atoms with Crippen molar-refractivity contribution in [2.75, 3.05) is 48.1 Å². The largest absolute Gasteiger partial charge is 0.378 e. The molecular weight excluding hydrogens is 458 g/mol. The van der Waals surface area contributed by atoms with Crippen LogP contribution in [-0.4, -0.2) is 68.9 Å². The third-order valence-corrected chi connectivity index (χ3v) is 7.31. The second-order valence-electron chi connectivity index (χ2n) is 8.70. The maximum absolute atomic E-state index is 12.4. The van der Waals surface area contributed by atoms with E-state index in [1.54, 1.807) is 18.2 Å². The number of morpholine rings is 1. The van der Waals surface area contributed by atoms with E-state index in [0.29, 0.717) is 43.6 Å². The molecule has 1 aromatic carbocycles. The van der Waals surface area contributed by atoms with Crippen molar-refractivity contribution in [3.63, 3.8) is 0 Å². The van der Waals surface area contributed by atoms with Crippen LogP contribution in [0.2, 0.25) is 0 Å². The molecule has 2 aliphatic rings. The van der Waals surface area contributed by atoms with Crippen molar-refractivity contribution in [1.29, 1.82) is 0 Å². The summed E-state index contributed by atoms with van der Waals surface area (Å²) in [6, 6.07) is 4.97. The molecule has 4 rings (SSSR count). The molecule has 2 aromatic rings. The summed E-state index contributed by atoms with van der Waals surface area (Å²) in [7, 11) is -3.45. The van der Waals surface area contributed by atoms with Crippen molar-refractivity contribution in [3.8, 4) is 0 Å². The van der Waals surface area contributed by atoms with E-state index in [2.05, 4.69) is 20.6 Å². The van der Waals surface area contributed by atoms with Gasteiger partial charge in [0, 0.05) is 43.3 Å². The van der Waals surface area contributed by atoms with Gasteiger partial charge in [-0.05, 0) is 31.0 Å². The van der Waals surface area contributed by atoms with Crippen LogP contribution in [0.15, 0.2) is 29.3 Å². The Morgan fingerprint density at radius 3 is 2.62 bits per heavy atom. The van der Waals surface area contributed by atoms with E-state index in [4.69, 9.17) is 16.2 Å². The van der Waals surface area contributed by atoms with Crippen LogP contribution in [0.4, 0.5) is 23.1 Å². The smallest absolute Gasteiger partial charge is 0.254 e. The third-order valence-electron chi connectivity index (χ3n) is 6.16. The zero-order valence-corrected chi connectivity index (χ0v) is 20.0. The van der Waals surface area contributed by atoms with Crippen molar-refractivity contribution in [2.24, 2.45) is 11.5 Å². The van der Waals surface area contributed by atoms with Gasteiger partial charge in [0.2, 0.25) is 5.95 Å². The van der Waals surface area contributed by atoms with Crippen LogP contribution in [0.5, 0.6) is 0 Å². The predicted molar refractivity (Wildman–Crippen MR) is 130 cm³/mol. The molecule has 11 nitrogen and oxygen atoms in total. The van der Waals surface area contributed by atoms with Crippen LogP contribution < -0.4 is 27.0 Å². The van der Waals surface area contributed by atoms with Crippen molar-refractivity contribution in [2.45, 2.75) is 42.7 Å². The minimum absolute atomic E-state index is 0.00388. The van der Waals surface area contributed by atoms with Gasteiger partial charge in [-0.3, -0.25) is 4.79 Å². The van der Waals surface area contributed by atoms with E-state index >= 15 is 0 Å². The lowest BCUT2D eigenvalue weighted by Gasteiger charge is -2.30. The molecule has 0 radical (unpaired) electrons. The number of anilines is 4. The molecule has 1 saturated carbocycles. The van der Waals surface area contributed by atoms with Crippen LogP contribution in [0.25, 0.3) is 0 Å². The van der Waals surface area contributed by atoms with Crippen LogP contribution in [0, 0.1) is 0 Å². The molecule has 6 N–H and O–H groups in total. The van der Waals surface area contributed by atoms with Gasteiger partial charge in [-0.1, -0.05) is 12.8 Å². The molecule has 1 aliphatic heterocycles. The highest BCUT2D eigenvalue weighted by molar-refractivity contribution is 7.90. The number of carbonyl (C=O) groups excluding carboxylic acids is 1. The fourth-order valence-corrected chi connectivity index (χ4v) is 5.21. The molecule has 2 atom stereocenters. The topological polar surface area (TPSA) is 166 Å². The molecule has 12 heteroatoms. The Hall–Kier alpha value is -2.96. The highest BCUT2D eigenvalue weighted by Gasteiger charge is 2.24. The third kappa shape index (κ3) is 5.57.